The summed E-state index contributed by atoms with van der Waals surface area (Å²) >= 11 is 0. The van der Waals surface area contributed by atoms with Crippen LogP contribution in [0.1, 0.15) is 13.3 Å². The van der Waals surface area contributed by atoms with Crippen LogP contribution in [-0.4, -0.2) is 12.1 Å². The molecule has 2 nitrogen and oxygen atoms in total. The maximum atomic E-state index is 11.1. The Morgan fingerprint density at radius 2 is 2.45 bits per heavy atom. The van der Waals surface area contributed by atoms with Gasteiger partial charge in [-0.1, -0.05) is 12.2 Å². The van der Waals surface area contributed by atoms with Crippen molar-refractivity contribution in [2.45, 2.75) is 19.4 Å². The van der Waals surface area contributed by atoms with Crippen LogP contribution >= 0.6 is 0 Å². The average molecular weight is 149 g/mol. The number of cyclic esters (lactones) is 1. The number of rotatable bonds is 0. The molecule has 0 aromatic heterocycles. The highest BCUT2D eigenvalue weighted by Crippen LogP contribution is 2.30. The first-order valence-corrected chi connectivity index (χ1v) is 3.73. The normalized spacial score (nSPS) is 28.8. The van der Waals surface area contributed by atoms with Gasteiger partial charge in [-0.15, -0.1) is 0 Å². The number of allylic oxidation sites excluding steroid dienone is 2. The Balaban J connectivity index is 2.35. The Morgan fingerprint density at radius 1 is 1.64 bits per heavy atom. The quantitative estimate of drug-likeness (QED) is 0.486. The minimum Gasteiger partial charge on any atom is -0.455 e. The molecule has 0 bridgehead atoms. The van der Waals surface area contributed by atoms with Crippen molar-refractivity contribution in [1.82, 2.24) is 0 Å². The van der Waals surface area contributed by atoms with Crippen molar-refractivity contribution >= 4 is 5.97 Å². The van der Waals surface area contributed by atoms with Gasteiger partial charge in [0.05, 0.1) is 0 Å². The van der Waals surface area contributed by atoms with Gasteiger partial charge in [0.1, 0.15) is 6.10 Å². The van der Waals surface area contributed by atoms with Gasteiger partial charge in [-0.3, -0.25) is 0 Å². The van der Waals surface area contributed by atoms with E-state index >= 15 is 0 Å². The van der Waals surface area contributed by atoms with Gasteiger partial charge in [-0.05, 0) is 18.9 Å². The van der Waals surface area contributed by atoms with E-state index in [0.717, 1.165) is 17.6 Å². The van der Waals surface area contributed by atoms with E-state index in [1.165, 1.54) is 0 Å². The van der Waals surface area contributed by atoms with Gasteiger partial charge < -0.3 is 4.74 Å². The summed E-state index contributed by atoms with van der Waals surface area (Å²) in [5.74, 6) is -0.145. The van der Waals surface area contributed by atoms with Crippen LogP contribution in [0.15, 0.2) is 23.3 Å². The number of carbonyl (C=O) groups is 1. The summed E-state index contributed by atoms with van der Waals surface area (Å²) in [4.78, 5) is 11.1. The molecule has 1 radical (unpaired) electrons. The second-order valence-corrected chi connectivity index (χ2v) is 2.78. The lowest BCUT2D eigenvalue weighted by Gasteiger charge is -2.07. The minimum atomic E-state index is -0.145. The van der Waals surface area contributed by atoms with Crippen molar-refractivity contribution in [2.75, 3.05) is 0 Å². The third-order valence-corrected chi connectivity index (χ3v) is 2.05. The van der Waals surface area contributed by atoms with Gasteiger partial charge in [-0.25, -0.2) is 4.79 Å². The van der Waals surface area contributed by atoms with Crippen molar-refractivity contribution in [1.29, 1.82) is 0 Å². The van der Waals surface area contributed by atoms with Crippen LogP contribution in [-0.2, 0) is 9.53 Å². The second kappa shape index (κ2) is 2.22. The van der Waals surface area contributed by atoms with Crippen molar-refractivity contribution in [3.8, 4) is 0 Å². The van der Waals surface area contributed by atoms with Crippen molar-refractivity contribution in [3.63, 3.8) is 0 Å². The van der Waals surface area contributed by atoms with E-state index in [1.807, 2.05) is 25.5 Å². The summed E-state index contributed by atoms with van der Waals surface area (Å²) in [6.07, 6.45) is 6.58. The lowest BCUT2D eigenvalue weighted by molar-refractivity contribution is -0.139. The molecule has 2 heteroatoms. The van der Waals surface area contributed by atoms with Crippen LogP contribution in [0.4, 0.5) is 0 Å². The van der Waals surface area contributed by atoms with Crippen LogP contribution in [0.3, 0.4) is 0 Å². The molecule has 0 spiro atoms. The molecule has 0 aromatic carbocycles. The molecule has 1 heterocycles. The number of hydrogen-bond acceptors (Lipinski definition) is 2. The largest absolute Gasteiger partial charge is 0.455 e. The third-order valence-electron chi connectivity index (χ3n) is 2.05. The molecule has 1 unspecified atom stereocenters. The molecule has 57 valence electrons. The van der Waals surface area contributed by atoms with Crippen molar-refractivity contribution < 1.29 is 9.53 Å². The standard InChI is InChI=1S/C9H9O2/c1-6-7-4-2-3-5-8(7)9(10)11-6/h2-4,6H,5H2,1H3. The Labute approximate surface area is 65.5 Å². The first kappa shape index (κ1) is 6.65. The number of hydrogen-bond donors (Lipinski definition) is 0. The molecule has 2 aliphatic rings. The molecule has 0 fully saturated rings. The Bertz CT molecular complexity index is 261. The molecule has 0 aromatic rings. The summed E-state index contributed by atoms with van der Waals surface area (Å²) in [5.41, 5.74) is 1.89. The number of ether oxygens (including phenoxy) is 1. The molecule has 1 aliphatic heterocycles. The molecule has 0 saturated heterocycles. The molecular weight excluding hydrogens is 140 g/mol. The smallest absolute Gasteiger partial charge is 0.335 e. The van der Waals surface area contributed by atoms with Crippen LogP contribution in [0.5, 0.6) is 0 Å². The van der Waals surface area contributed by atoms with Gasteiger partial charge >= 0.3 is 5.97 Å². The molecule has 2 rings (SSSR count). The predicted molar refractivity (Wildman–Crippen MR) is 40.6 cm³/mol. The van der Waals surface area contributed by atoms with E-state index in [-0.39, 0.29) is 12.1 Å². The summed E-state index contributed by atoms with van der Waals surface area (Å²) in [7, 11) is 0. The van der Waals surface area contributed by atoms with Crippen LogP contribution in [0.2, 0.25) is 0 Å². The summed E-state index contributed by atoms with van der Waals surface area (Å²) < 4.78 is 5.02. The Hall–Kier alpha value is -1.05. The van der Waals surface area contributed by atoms with Crippen LogP contribution in [0, 0.1) is 6.42 Å². The lowest BCUT2D eigenvalue weighted by Crippen LogP contribution is -2.05. The summed E-state index contributed by atoms with van der Waals surface area (Å²) in [5, 5.41) is 0. The van der Waals surface area contributed by atoms with Gasteiger partial charge in [0.2, 0.25) is 0 Å². The zero-order chi connectivity index (χ0) is 7.84. The fraction of sp³-hybridized carbons (Fsp3) is 0.333. The molecule has 0 N–H and O–H groups in total. The monoisotopic (exact) mass is 149 g/mol. The van der Waals surface area contributed by atoms with Gasteiger partial charge in [-0.2, -0.15) is 0 Å². The predicted octanol–water partition coefficient (Wildman–Crippen LogP) is 1.39. The third kappa shape index (κ3) is 0.897. The van der Waals surface area contributed by atoms with E-state index in [9.17, 15) is 4.79 Å². The average Bonchev–Trinajstić information content (AvgIpc) is 2.30. The fourth-order valence-corrected chi connectivity index (χ4v) is 1.45. The first-order valence-electron chi connectivity index (χ1n) is 3.73. The summed E-state index contributed by atoms with van der Waals surface area (Å²) in [6.45, 7) is 1.90. The van der Waals surface area contributed by atoms with E-state index in [4.69, 9.17) is 4.74 Å². The van der Waals surface area contributed by atoms with E-state index in [1.54, 1.807) is 0 Å². The topological polar surface area (TPSA) is 26.3 Å². The van der Waals surface area contributed by atoms with Crippen LogP contribution in [0.25, 0.3) is 0 Å². The van der Waals surface area contributed by atoms with Gasteiger partial charge in [0.25, 0.3) is 0 Å². The second-order valence-electron chi connectivity index (χ2n) is 2.78. The highest BCUT2D eigenvalue weighted by atomic mass is 16.5. The Kier molecular flexibility index (Phi) is 1.34. The van der Waals surface area contributed by atoms with Crippen LogP contribution < -0.4 is 0 Å². The zero-order valence-electron chi connectivity index (χ0n) is 6.33. The van der Waals surface area contributed by atoms with Gasteiger partial charge in [0, 0.05) is 12.0 Å². The Morgan fingerprint density at radius 3 is 3.18 bits per heavy atom. The molecule has 0 saturated carbocycles. The van der Waals surface area contributed by atoms with Crippen molar-refractivity contribution in [2.24, 2.45) is 0 Å². The molecular formula is C9H9O2. The maximum Gasteiger partial charge on any atom is 0.335 e. The summed E-state index contributed by atoms with van der Waals surface area (Å²) in [6, 6.07) is 0. The fourth-order valence-electron chi connectivity index (χ4n) is 1.45. The maximum absolute atomic E-state index is 11.1. The van der Waals surface area contributed by atoms with E-state index in [2.05, 4.69) is 0 Å². The number of carbonyl (C=O) groups excluding carboxylic acids is 1. The van der Waals surface area contributed by atoms with Gasteiger partial charge in [0.15, 0.2) is 0 Å². The SMILES string of the molecule is CC1OC(=O)C2=C1[CH]C=CC2. The van der Waals surface area contributed by atoms with Crippen molar-refractivity contribution in [3.05, 3.63) is 29.7 Å². The van der Waals surface area contributed by atoms with E-state index < -0.39 is 0 Å². The first-order chi connectivity index (χ1) is 5.29. The molecule has 1 atom stereocenters. The number of esters is 1. The highest BCUT2D eigenvalue weighted by molar-refractivity contribution is 5.93. The zero-order valence-corrected chi connectivity index (χ0v) is 6.33. The van der Waals surface area contributed by atoms with E-state index in [0.29, 0.717) is 0 Å². The molecule has 0 amide bonds. The highest BCUT2D eigenvalue weighted by Gasteiger charge is 2.30. The lowest BCUT2D eigenvalue weighted by atomic mass is 9.96. The minimum absolute atomic E-state index is 0.0394. The molecule has 11 heavy (non-hydrogen) atoms. The molecule has 1 aliphatic carbocycles.